The molecule has 1 rings (SSSR count). The number of ether oxygens (including phenoxy) is 1. The monoisotopic (exact) mass is 313 g/mol. The van der Waals surface area contributed by atoms with Crippen LogP contribution in [-0.4, -0.2) is 29.9 Å². The number of benzene rings is 1. The van der Waals surface area contributed by atoms with Gasteiger partial charge < -0.3 is 9.64 Å². The molecule has 98 valence electrons. The maximum Gasteiger partial charge on any atom is 0.415 e. The first-order chi connectivity index (χ1) is 8.51. The molecule has 0 saturated heterocycles. The van der Waals surface area contributed by atoms with E-state index in [1.165, 1.54) is 6.92 Å². The topological polar surface area (TPSA) is 46.6 Å². The zero-order valence-electron chi connectivity index (χ0n) is 10.7. The molecule has 0 aromatic heterocycles. The summed E-state index contributed by atoms with van der Waals surface area (Å²) in [4.78, 5) is 24.9. The number of amides is 1. The van der Waals surface area contributed by atoms with Gasteiger partial charge in [-0.1, -0.05) is 6.07 Å². The Bertz CT molecular complexity index is 456. The number of ketones is 1. The highest BCUT2D eigenvalue weighted by atomic mass is 79.9. The van der Waals surface area contributed by atoms with E-state index >= 15 is 0 Å². The van der Waals surface area contributed by atoms with Crippen molar-refractivity contribution in [3.63, 3.8) is 0 Å². The summed E-state index contributed by atoms with van der Waals surface area (Å²) in [5.41, 5.74) is 0.387. The number of halogens is 1. The summed E-state index contributed by atoms with van der Waals surface area (Å²) in [6.07, 6.45) is -0.444. The van der Waals surface area contributed by atoms with Gasteiger partial charge in [0.2, 0.25) is 0 Å². The number of carbonyl (C=O) groups is 2. The van der Waals surface area contributed by atoms with E-state index in [9.17, 15) is 9.59 Å². The molecule has 0 N–H and O–H groups in total. The third kappa shape index (κ3) is 3.32. The Hall–Kier alpha value is -1.36. The first kappa shape index (κ1) is 14.7. The molecule has 0 saturated carbocycles. The van der Waals surface area contributed by atoms with E-state index in [4.69, 9.17) is 4.74 Å². The SMILES string of the molecule is CCN(CC)C(=O)Oc1cccc(Br)c1C(C)=O. The maximum absolute atomic E-state index is 11.8. The summed E-state index contributed by atoms with van der Waals surface area (Å²) >= 11 is 3.28. The molecule has 0 aliphatic rings. The number of Topliss-reactive ketones (excluding diaryl/α,β-unsaturated/α-hetero) is 1. The molecular weight excluding hydrogens is 298 g/mol. The Morgan fingerprint density at radius 2 is 1.89 bits per heavy atom. The maximum atomic E-state index is 11.8. The van der Waals surface area contributed by atoms with Gasteiger partial charge in [-0.2, -0.15) is 0 Å². The van der Waals surface area contributed by atoms with E-state index in [-0.39, 0.29) is 11.5 Å². The van der Waals surface area contributed by atoms with E-state index in [0.29, 0.717) is 23.1 Å². The van der Waals surface area contributed by atoms with Gasteiger partial charge in [-0.05, 0) is 48.8 Å². The Morgan fingerprint density at radius 1 is 1.28 bits per heavy atom. The fourth-order valence-corrected chi connectivity index (χ4v) is 2.20. The van der Waals surface area contributed by atoms with Crippen LogP contribution in [0.25, 0.3) is 0 Å². The molecule has 0 aliphatic heterocycles. The number of hydrogen-bond donors (Lipinski definition) is 0. The Kier molecular flexibility index (Phi) is 5.34. The number of nitrogens with zero attached hydrogens (tertiary/aromatic N) is 1. The van der Waals surface area contributed by atoms with Crippen molar-refractivity contribution in [3.8, 4) is 5.75 Å². The highest BCUT2D eigenvalue weighted by molar-refractivity contribution is 9.10. The molecule has 4 nitrogen and oxygen atoms in total. The minimum atomic E-state index is -0.444. The van der Waals surface area contributed by atoms with Gasteiger partial charge in [-0.25, -0.2) is 4.79 Å². The van der Waals surface area contributed by atoms with Crippen molar-refractivity contribution in [1.29, 1.82) is 0 Å². The lowest BCUT2D eigenvalue weighted by molar-refractivity contribution is 0.101. The molecule has 1 aromatic rings. The van der Waals surface area contributed by atoms with Crippen LogP contribution in [0.2, 0.25) is 0 Å². The third-order valence-electron chi connectivity index (χ3n) is 2.55. The molecule has 0 spiro atoms. The van der Waals surface area contributed by atoms with E-state index in [2.05, 4.69) is 15.9 Å². The van der Waals surface area contributed by atoms with Crippen molar-refractivity contribution < 1.29 is 14.3 Å². The number of carbonyl (C=O) groups excluding carboxylic acids is 2. The molecule has 1 aromatic carbocycles. The standard InChI is InChI=1S/C13H16BrNO3/c1-4-15(5-2)13(17)18-11-8-6-7-10(14)12(11)9(3)16/h6-8H,4-5H2,1-3H3. The van der Waals surface area contributed by atoms with Gasteiger partial charge in [0, 0.05) is 17.6 Å². The average Bonchev–Trinajstić information content (AvgIpc) is 2.30. The predicted molar refractivity (Wildman–Crippen MR) is 73.1 cm³/mol. The highest BCUT2D eigenvalue weighted by Crippen LogP contribution is 2.27. The van der Waals surface area contributed by atoms with Gasteiger partial charge in [0.15, 0.2) is 5.78 Å². The summed E-state index contributed by atoms with van der Waals surface area (Å²) in [5.74, 6) is 0.138. The number of hydrogen-bond acceptors (Lipinski definition) is 3. The van der Waals surface area contributed by atoms with E-state index in [1.807, 2.05) is 13.8 Å². The first-order valence-electron chi connectivity index (χ1n) is 5.77. The average molecular weight is 314 g/mol. The van der Waals surface area contributed by atoms with Crippen molar-refractivity contribution in [2.24, 2.45) is 0 Å². The summed E-state index contributed by atoms with van der Waals surface area (Å²) in [5, 5.41) is 0. The minimum absolute atomic E-state index is 0.148. The van der Waals surface area contributed by atoms with Crippen LogP contribution in [-0.2, 0) is 0 Å². The van der Waals surface area contributed by atoms with Gasteiger partial charge in [0.25, 0.3) is 0 Å². The van der Waals surface area contributed by atoms with Gasteiger partial charge in [0.05, 0.1) is 5.56 Å². The molecule has 0 radical (unpaired) electrons. The zero-order valence-corrected chi connectivity index (χ0v) is 12.3. The summed E-state index contributed by atoms with van der Waals surface area (Å²) in [6, 6.07) is 5.08. The second kappa shape index (κ2) is 6.54. The zero-order chi connectivity index (χ0) is 13.7. The second-order valence-electron chi connectivity index (χ2n) is 3.71. The molecule has 0 aliphatic carbocycles. The third-order valence-corrected chi connectivity index (χ3v) is 3.21. The van der Waals surface area contributed by atoms with Gasteiger partial charge in [0.1, 0.15) is 5.75 Å². The second-order valence-corrected chi connectivity index (χ2v) is 4.56. The lowest BCUT2D eigenvalue weighted by Gasteiger charge is -2.19. The van der Waals surface area contributed by atoms with Crippen LogP contribution in [0.1, 0.15) is 31.1 Å². The van der Waals surface area contributed by atoms with Gasteiger partial charge in [-0.15, -0.1) is 0 Å². The predicted octanol–water partition coefficient (Wildman–Crippen LogP) is 3.49. The van der Waals surface area contributed by atoms with E-state index < -0.39 is 6.09 Å². The Labute approximate surface area is 115 Å². The van der Waals surface area contributed by atoms with Gasteiger partial charge >= 0.3 is 6.09 Å². The van der Waals surface area contributed by atoms with Crippen LogP contribution >= 0.6 is 15.9 Å². The summed E-state index contributed by atoms with van der Waals surface area (Å²) < 4.78 is 5.89. The fraction of sp³-hybridized carbons (Fsp3) is 0.385. The van der Waals surface area contributed by atoms with Crippen LogP contribution in [0.5, 0.6) is 5.75 Å². The summed E-state index contributed by atoms with van der Waals surface area (Å²) in [6.45, 7) is 6.32. The molecule has 0 bridgehead atoms. The smallest absolute Gasteiger partial charge is 0.409 e. The molecule has 0 fully saturated rings. The Balaban J connectivity index is 3.01. The van der Waals surface area contributed by atoms with Crippen molar-refractivity contribution in [1.82, 2.24) is 4.90 Å². The van der Waals surface area contributed by atoms with Crippen LogP contribution in [0.4, 0.5) is 4.79 Å². The van der Waals surface area contributed by atoms with Crippen molar-refractivity contribution in [2.45, 2.75) is 20.8 Å². The number of rotatable bonds is 4. The summed E-state index contributed by atoms with van der Waals surface area (Å²) in [7, 11) is 0. The normalized spacial score (nSPS) is 10.0. The van der Waals surface area contributed by atoms with Crippen LogP contribution in [0, 0.1) is 0 Å². The lowest BCUT2D eigenvalue weighted by atomic mass is 10.1. The molecule has 18 heavy (non-hydrogen) atoms. The lowest BCUT2D eigenvalue weighted by Crippen LogP contribution is -2.33. The molecule has 1 amide bonds. The van der Waals surface area contributed by atoms with Crippen LogP contribution in [0.3, 0.4) is 0 Å². The van der Waals surface area contributed by atoms with E-state index in [1.54, 1.807) is 23.1 Å². The van der Waals surface area contributed by atoms with Gasteiger partial charge in [-0.3, -0.25) is 4.79 Å². The first-order valence-corrected chi connectivity index (χ1v) is 6.56. The Morgan fingerprint density at radius 3 is 2.39 bits per heavy atom. The van der Waals surface area contributed by atoms with Crippen LogP contribution < -0.4 is 4.74 Å². The van der Waals surface area contributed by atoms with Crippen molar-refractivity contribution in [2.75, 3.05) is 13.1 Å². The van der Waals surface area contributed by atoms with Crippen molar-refractivity contribution in [3.05, 3.63) is 28.2 Å². The quantitative estimate of drug-likeness (QED) is 0.799. The molecule has 0 heterocycles. The van der Waals surface area contributed by atoms with Crippen LogP contribution in [0.15, 0.2) is 22.7 Å². The molecule has 5 heteroatoms. The molecule has 0 atom stereocenters. The molecule has 0 unspecified atom stereocenters. The molecular formula is C13H16BrNO3. The van der Waals surface area contributed by atoms with E-state index in [0.717, 1.165) is 0 Å². The largest absolute Gasteiger partial charge is 0.415 e. The fourth-order valence-electron chi connectivity index (χ4n) is 1.57. The van der Waals surface area contributed by atoms with Crippen molar-refractivity contribution >= 4 is 27.8 Å². The highest BCUT2D eigenvalue weighted by Gasteiger charge is 2.18. The minimum Gasteiger partial charge on any atom is -0.409 e.